The van der Waals surface area contributed by atoms with Crippen LogP contribution < -0.4 is 10.2 Å². The second kappa shape index (κ2) is 6.79. The third kappa shape index (κ3) is 3.19. The Morgan fingerprint density at radius 1 is 1.31 bits per heavy atom. The van der Waals surface area contributed by atoms with Gasteiger partial charge in [-0.1, -0.05) is 6.92 Å². The summed E-state index contributed by atoms with van der Waals surface area (Å²) in [5, 5.41) is 3.49. The van der Waals surface area contributed by atoms with Crippen LogP contribution in [0.25, 0.3) is 0 Å². The predicted octanol–water partition coefficient (Wildman–Crippen LogP) is 4.76. The van der Waals surface area contributed by atoms with Crippen LogP contribution in [0.5, 0.6) is 0 Å². The van der Waals surface area contributed by atoms with Gasteiger partial charge in [0.05, 0.1) is 6.04 Å². The van der Waals surface area contributed by atoms with Gasteiger partial charge in [0, 0.05) is 39.9 Å². The molecule has 0 spiro atoms. The highest BCUT2D eigenvalue weighted by atomic mass is 127. The minimum absolute atomic E-state index is 0.0208. The summed E-state index contributed by atoms with van der Waals surface area (Å²) < 4.78 is 15.1. The summed E-state index contributed by atoms with van der Waals surface area (Å²) in [6.45, 7) is 3.75. The van der Waals surface area contributed by atoms with Crippen molar-refractivity contribution < 1.29 is 9.18 Å². The number of hydrogen-bond acceptors (Lipinski definition) is 3. The van der Waals surface area contributed by atoms with Crippen LogP contribution in [0.3, 0.4) is 0 Å². The van der Waals surface area contributed by atoms with E-state index in [9.17, 15) is 9.18 Å². The first-order valence-electron chi connectivity index (χ1n) is 8.93. The molecule has 1 saturated carbocycles. The average molecular weight is 465 g/mol. The number of pyridine rings is 1. The molecule has 1 fully saturated rings. The largest absolute Gasteiger partial charge is 0.363 e. The van der Waals surface area contributed by atoms with Gasteiger partial charge in [-0.3, -0.25) is 4.79 Å². The Labute approximate surface area is 166 Å². The van der Waals surface area contributed by atoms with Crippen molar-refractivity contribution in [2.75, 3.05) is 10.2 Å². The lowest BCUT2D eigenvalue weighted by atomic mass is 9.80. The van der Waals surface area contributed by atoms with E-state index in [4.69, 9.17) is 0 Å². The Bertz CT molecular complexity index is 837. The van der Waals surface area contributed by atoms with Gasteiger partial charge in [-0.05, 0) is 71.7 Å². The van der Waals surface area contributed by atoms with E-state index in [0.717, 1.165) is 33.5 Å². The van der Waals surface area contributed by atoms with Crippen LogP contribution >= 0.6 is 22.6 Å². The second-order valence-electron chi connectivity index (χ2n) is 7.26. The zero-order valence-corrected chi connectivity index (χ0v) is 16.9. The third-order valence-corrected chi connectivity index (χ3v) is 6.06. The molecule has 2 heterocycles. The Balaban J connectivity index is 1.79. The highest BCUT2D eigenvalue weighted by molar-refractivity contribution is 14.1. The number of amides is 1. The molecule has 4 nitrogen and oxygen atoms in total. The molecule has 2 unspecified atom stereocenters. The van der Waals surface area contributed by atoms with Crippen molar-refractivity contribution in [3.63, 3.8) is 0 Å². The highest BCUT2D eigenvalue weighted by Gasteiger charge is 2.47. The van der Waals surface area contributed by atoms with Gasteiger partial charge in [-0.15, -0.1) is 0 Å². The number of nitrogens with zero attached hydrogens (tertiary/aromatic N) is 2. The maximum absolute atomic E-state index is 14.0. The van der Waals surface area contributed by atoms with Gasteiger partial charge in [-0.2, -0.15) is 0 Å². The topological polar surface area (TPSA) is 45.2 Å². The quantitative estimate of drug-likeness (QED) is 0.666. The van der Waals surface area contributed by atoms with E-state index >= 15 is 0 Å². The first-order valence-corrected chi connectivity index (χ1v) is 10.0. The fourth-order valence-electron chi connectivity index (χ4n) is 4.16. The number of rotatable bonds is 3. The molecule has 0 saturated heterocycles. The number of halogens is 2. The van der Waals surface area contributed by atoms with Crippen LogP contribution in [-0.4, -0.2) is 16.9 Å². The molecule has 1 aromatic heterocycles. The third-order valence-electron chi connectivity index (χ3n) is 5.42. The molecule has 6 heteroatoms. The van der Waals surface area contributed by atoms with E-state index in [0.29, 0.717) is 5.92 Å². The molecule has 1 aliphatic heterocycles. The molecule has 2 aliphatic rings. The molecular weight excluding hydrogens is 444 g/mol. The molecular formula is C20H21FIN3O. The molecule has 0 radical (unpaired) electrons. The van der Waals surface area contributed by atoms with E-state index < -0.39 is 0 Å². The van der Waals surface area contributed by atoms with Crippen LogP contribution in [0.4, 0.5) is 15.9 Å². The summed E-state index contributed by atoms with van der Waals surface area (Å²) in [6.07, 6.45) is 4.09. The maximum Gasteiger partial charge on any atom is 0.224 e. The van der Waals surface area contributed by atoms with Gasteiger partial charge in [-0.25, -0.2) is 9.37 Å². The van der Waals surface area contributed by atoms with Crippen LogP contribution in [0, 0.1) is 21.2 Å². The standard InChI is InChI=1S/C20H21FIN3O/c1-11-19(24-18-8-6-15(22)10-23-18)16-9-14(21)5-7-17(16)25(12(2)26)20(11)13-3-4-13/h5-11,13,19-20H,3-4H2,1-2H3,(H,23,24)/t11-,19?,20?/m1/s1. The summed E-state index contributed by atoms with van der Waals surface area (Å²) in [5.74, 6) is 1.17. The monoisotopic (exact) mass is 465 g/mol. The van der Waals surface area contributed by atoms with Gasteiger partial charge >= 0.3 is 0 Å². The number of carbonyl (C=O) groups excluding carboxylic acids is 1. The molecule has 1 N–H and O–H groups in total. The normalized spacial score (nSPS) is 24.9. The van der Waals surface area contributed by atoms with Crippen molar-refractivity contribution in [1.29, 1.82) is 0 Å². The SMILES string of the molecule is CC(=O)N1c2ccc(F)cc2C(Nc2ccc(I)cn2)[C@@H](C)C1C1CC1. The number of carbonyl (C=O) groups is 1. The second-order valence-corrected chi connectivity index (χ2v) is 8.51. The lowest BCUT2D eigenvalue weighted by Crippen LogP contribution is -2.51. The molecule has 136 valence electrons. The molecule has 3 atom stereocenters. The van der Waals surface area contributed by atoms with Crippen LogP contribution in [0.2, 0.25) is 0 Å². The summed E-state index contributed by atoms with van der Waals surface area (Å²) in [5.41, 5.74) is 1.64. The van der Waals surface area contributed by atoms with E-state index in [1.165, 1.54) is 6.07 Å². The zero-order chi connectivity index (χ0) is 18.4. The number of aromatic nitrogens is 1. The van der Waals surface area contributed by atoms with Crippen molar-refractivity contribution >= 4 is 40.0 Å². The van der Waals surface area contributed by atoms with Crippen molar-refractivity contribution in [2.45, 2.75) is 38.8 Å². The van der Waals surface area contributed by atoms with Gasteiger partial charge < -0.3 is 10.2 Å². The highest BCUT2D eigenvalue weighted by Crippen LogP contribution is 2.50. The van der Waals surface area contributed by atoms with Crippen LogP contribution in [0.15, 0.2) is 36.5 Å². The fourth-order valence-corrected chi connectivity index (χ4v) is 4.48. The number of anilines is 2. The lowest BCUT2D eigenvalue weighted by molar-refractivity contribution is -0.117. The molecule has 0 bridgehead atoms. The van der Waals surface area contributed by atoms with Crippen molar-refractivity contribution in [1.82, 2.24) is 4.98 Å². The van der Waals surface area contributed by atoms with Crippen LogP contribution in [-0.2, 0) is 4.79 Å². The number of nitrogens with one attached hydrogen (secondary N) is 1. The van der Waals surface area contributed by atoms with Crippen molar-refractivity contribution in [2.24, 2.45) is 11.8 Å². The van der Waals surface area contributed by atoms with Crippen molar-refractivity contribution in [3.8, 4) is 0 Å². The van der Waals surface area contributed by atoms with Crippen molar-refractivity contribution in [3.05, 3.63) is 51.5 Å². The predicted molar refractivity (Wildman–Crippen MR) is 109 cm³/mol. The zero-order valence-electron chi connectivity index (χ0n) is 14.7. The number of hydrogen-bond donors (Lipinski definition) is 1. The maximum atomic E-state index is 14.0. The van der Waals surface area contributed by atoms with Gasteiger partial charge in [0.1, 0.15) is 11.6 Å². The molecule has 1 aliphatic carbocycles. The van der Waals surface area contributed by atoms with E-state index in [1.54, 1.807) is 19.1 Å². The summed E-state index contributed by atoms with van der Waals surface area (Å²) in [6, 6.07) is 8.71. The first kappa shape index (κ1) is 17.7. The van der Waals surface area contributed by atoms with Gasteiger partial charge in [0.2, 0.25) is 5.91 Å². The van der Waals surface area contributed by atoms with E-state index in [-0.39, 0.29) is 29.7 Å². The average Bonchev–Trinajstić information content (AvgIpc) is 3.43. The van der Waals surface area contributed by atoms with Gasteiger partial charge in [0.25, 0.3) is 0 Å². The van der Waals surface area contributed by atoms with Gasteiger partial charge in [0.15, 0.2) is 0 Å². The minimum atomic E-state index is -0.285. The molecule has 26 heavy (non-hydrogen) atoms. The lowest BCUT2D eigenvalue weighted by Gasteiger charge is -2.45. The number of benzene rings is 1. The Hall–Kier alpha value is -1.70. The Morgan fingerprint density at radius 3 is 2.69 bits per heavy atom. The van der Waals surface area contributed by atoms with E-state index in [2.05, 4.69) is 39.8 Å². The minimum Gasteiger partial charge on any atom is -0.363 e. The number of fused-ring (bicyclic) bond motifs is 1. The summed E-state index contributed by atoms with van der Waals surface area (Å²) in [4.78, 5) is 18.8. The van der Waals surface area contributed by atoms with E-state index in [1.807, 2.05) is 23.2 Å². The summed E-state index contributed by atoms with van der Waals surface area (Å²) in [7, 11) is 0. The smallest absolute Gasteiger partial charge is 0.224 e. The fraction of sp³-hybridized carbons (Fsp3) is 0.400. The molecule has 1 amide bonds. The first-order chi connectivity index (χ1) is 12.5. The molecule has 1 aromatic carbocycles. The Kier molecular flexibility index (Phi) is 4.62. The Morgan fingerprint density at radius 2 is 2.08 bits per heavy atom. The molecule has 2 aromatic rings. The summed E-state index contributed by atoms with van der Waals surface area (Å²) >= 11 is 2.22. The molecule has 4 rings (SSSR count). The van der Waals surface area contributed by atoms with Crippen LogP contribution in [0.1, 0.15) is 38.3 Å².